The normalized spacial score (nSPS) is 11.8. The van der Waals surface area contributed by atoms with Crippen LogP contribution in [0.2, 0.25) is 0 Å². The van der Waals surface area contributed by atoms with Crippen molar-refractivity contribution in [3.8, 4) is 11.6 Å². The minimum absolute atomic E-state index is 0.00541. The molecule has 4 heterocycles. The third kappa shape index (κ3) is 6.16. The van der Waals surface area contributed by atoms with Crippen molar-refractivity contribution >= 4 is 23.5 Å². The number of hydrogen-bond acceptors (Lipinski definition) is 8. The van der Waals surface area contributed by atoms with Gasteiger partial charge in [-0.3, -0.25) is 10.1 Å². The number of halogens is 4. The molecule has 0 aromatic carbocycles. The van der Waals surface area contributed by atoms with Gasteiger partial charge in [0.25, 0.3) is 5.91 Å². The number of aromatic nitrogens is 7. The minimum atomic E-state index is -4.81. The lowest BCUT2D eigenvalue weighted by Crippen LogP contribution is -2.28. The first kappa shape index (κ1) is 27.2. The van der Waals surface area contributed by atoms with Crippen LogP contribution in [0.5, 0.6) is 0 Å². The van der Waals surface area contributed by atoms with Crippen LogP contribution in [0.1, 0.15) is 42.4 Å². The van der Waals surface area contributed by atoms with E-state index >= 15 is 0 Å². The molecule has 4 rings (SSSR count). The largest absolute Gasteiger partial charge is 0.444 e. The van der Waals surface area contributed by atoms with E-state index in [-0.39, 0.29) is 22.8 Å². The summed E-state index contributed by atoms with van der Waals surface area (Å²) in [6, 6.07) is 3.01. The Hall–Kier alpha value is -4.89. The molecule has 0 aliphatic rings. The number of rotatable bonds is 5. The van der Waals surface area contributed by atoms with Crippen molar-refractivity contribution in [1.29, 1.82) is 0 Å². The number of alkyl halides is 3. The molecule has 0 radical (unpaired) electrons. The highest BCUT2D eigenvalue weighted by atomic mass is 19.4. The molecule has 16 heteroatoms. The van der Waals surface area contributed by atoms with Gasteiger partial charge >= 0.3 is 12.3 Å². The van der Waals surface area contributed by atoms with E-state index in [1.54, 1.807) is 20.8 Å². The van der Waals surface area contributed by atoms with Crippen LogP contribution in [0.3, 0.4) is 0 Å². The van der Waals surface area contributed by atoms with Gasteiger partial charge in [-0.1, -0.05) is 0 Å². The van der Waals surface area contributed by atoms with Crippen LogP contribution in [0.15, 0.2) is 43.0 Å². The van der Waals surface area contributed by atoms with Gasteiger partial charge < -0.3 is 10.1 Å². The molecule has 2 amide bonds. The molecule has 0 aliphatic carbocycles. The monoisotopic (exact) mass is 547 g/mol. The summed E-state index contributed by atoms with van der Waals surface area (Å²) in [5.41, 5.74) is -2.00. The Morgan fingerprint density at radius 3 is 2.33 bits per heavy atom. The first-order valence-electron chi connectivity index (χ1n) is 11.2. The van der Waals surface area contributed by atoms with Crippen molar-refractivity contribution in [2.45, 2.75) is 39.5 Å². The molecule has 0 aliphatic heterocycles. The van der Waals surface area contributed by atoms with Crippen LogP contribution in [-0.4, -0.2) is 52.3 Å². The fourth-order valence-corrected chi connectivity index (χ4v) is 3.32. The number of nitrogens with zero attached hydrogens (tertiary/aromatic N) is 7. The van der Waals surface area contributed by atoms with E-state index in [2.05, 4.69) is 35.9 Å². The van der Waals surface area contributed by atoms with Crippen LogP contribution in [0, 0.1) is 12.7 Å². The number of ether oxygens (including phenoxy) is 1. The Balaban J connectivity index is 1.58. The molecule has 0 saturated heterocycles. The van der Waals surface area contributed by atoms with Crippen molar-refractivity contribution < 1.29 is 31.9 Å². The summed E-state index contributed by atoms with van der Waals surface area (Å²) >= 11 is 0. The van der Waals surface area contributed by atoms with Gasteiger partial charge in [0.15, 0.2) is 23.3 Å². The standard InChI is InChI=1S/C23H21F4N9O3/c1-12-14(11-31-35(12)17-6-5-16(24)18(33-17)34-21(38)39-22(2,3)4)20(37)32-13-9-15(23(25,26)27)19(28-10-13)36-29-7-8-30-36/h5-11H,1-4H3,(H,32,37)(H,33,34,38). The number of carbonyl (C=O) groups excluding carboxylic acids is 2. The second-order valence-corrected chi connectivity index (χ2v) is 9.05. The topological polar surface area (TPSA) is 142 Å². The Labute approximate surface area is 218 Å². The molecule has 0 unspecified atom stereocenters. The molecular formula is C23H21F4N9O3. The molecule has 204 valence electrons. The molecular weight excluding hydrogens is 526 g/mol. The summed E-state index contributed by atoms with van der Waals surface area (Å²) in [5, 5.41) is 16.0. The summed E-state index contributed by atoms with van der Waals surface area (Å²) in [7, 11) is 0. The van der Waals surface area contributed by atoms with Gasteiger partial charge in [0.1, 0.15) is 11.2 Å². The Morgan fingerprint density at radius 1 is 1.00 bits per heavy atom. The second kappa shape index (κ2) is 10.1. The summed E-state index contributed by atoms with van der Waals surface area (Å²) < 4.78 is 61.5. The van der Waals surface area contributed by atoms with Crippen LogP contribution in [-0.2, 0) is 10.9 Å². The zero-order chi connectivity index (χ0) is 28.5. The average molecular weight is 547 g/mol. The van der Waals surface area contributed by atoms with Crippen molar-refractivity contribution in [1.82, 2.24) is 34.7 Å². The zero-order valence-corrected chi connectivity index (χ0v) is 20.9. The maximum atomic E-state index is 14.3. The van der Waals surface area contributed by atoms with Gasteiger partial charge in [-0.05, 0) is 45.9 Å². The van der Waals surface area contributed by atoms with E-state index < -0.39 is 46.8 Å². The summed E-state index contributed by atoms with van der Waals surface area (Å²) in [5.74, 6) is -2.56. The van der Waals surface area contributed by atoms with Crippen molar-refractivity contribution in [2.24, 2.45) is 0 Å². The fourth-order valence-electron chi connectivity index (χ4n) is 3.32. The molecule has 0 fully saturated rings. The predicted octanol–water partition coefficient (Wildman–Crippen LogP) is 4.31. The lowest BCUT2D eigenvalue weighted by Gasteiger charge is -2.19. The van der Waals surface area contributed by atoms with Crippen molar-refractivity contribution in [2.75, 3.05) is 10.6 Å². The molecule has 0 bridgehead atoms. The molecule has 0 spiro atoms. The molecule has 0 saturated carbocycles. The molecule has 39 heavy (non-hydrogen) atoms. The number of amides is 2. The molecule has 12 nitrogen and oxygen atoms in total. The molecule has 0 atom stereocenters. The van der Waals surface area contributed by atoms with E-state index in [0.29, 0.717) is 10.9 Å². The van der Waals surface area contributed by atoms with Gasteiger partial charge in [0, 0.05) is 0 Å². The van der Waals surface area contributed by atoms with Gasteiger partial charge in [0.2, 0.25) is 0 Å². The van der Waals surface area contributed by atoms with E-state index in [4.69, 9.17) is 4.74 Å². The van der Waals surface area contributed by atoms with Crippen molar-refractivity contribution in [3.63, 3.8) is 0 Å². The highest BCUT2D eigenvalue weighted by Crippen LogP contribution is 2.34. The lowest BCUT2D eigenvalue weighted by molar-refractivity contribution is -0.137. The molecule has 4 aromatic rings. The molecule has 2 N–H and O–H groups in total. The van der Waals surface area contributed by atoms with Crippen LogP contribution < -0.4 is 10.6 Å². The van der Waals surface area contributed by atoms with Crippen LogP contribution in [0.4, 0.5) is 33.9 Å². The maximum absolute atomic E-state index is 14.3. The summed E-state index contributed by atoms with van der Waals surface area (Å²) in [6.07, 6.45) is -1.14. The Bertz CT molecular complexity index is 1530. The average Bonchev–Trinajstić information content (AvgIpc) is 3.49. The summed E-state index contributed by atoms with van der Waals surface area (Å²) in [4.78, 5) is 33.4. The highest BCUT2D eigenvalue weighted by Gasteiger charge is 2.36. The van der Waals surface area contributed by atoms with Gasteiger partial charge in [-0.2, -0.15) is 28.5 Å². The fraction of sp³-hybridized carbons (Fsp3) is 0.261. The zero-order valence-electron chi connectivity index (χ0n) is 20.9. The predicted molar refractivity (Wildman–Crippen MR) is 128 cm³/mol. The van der Waals surface area contributed by atoms with Crippen LogP contribution in [0.25, 0.3) is 11.6 Å². The first-order valence-corrected chi connectivity index (χ1v) is 11.2. The third-order valence-corrected chi connectivity index (χ3v) is 4.96. The number of carbonyl (C=O) groups is 2. The molecule has 4 aromatic heterocycles. The van der Waals surface area contributed by atoms with E-state index in [9.17, 15) is 27.2 Å². The summed E-state index contributed by atoms with van der Waals surface area (Å²) in [6.45, 7) is 6.41. The van der Waals surface area contributed by atoms with Gasteiger partial charge in [-0.25, -0.2) is 23.8 Å². The number of hydrogen-bond donors (Lipinski definition) is 2. The first-order chi connectivity index (χ1) is 18.2. The number of anilines is 2. The maximum Gasteiger partial charge on any atom is 0.420 e. The van der Waals surface area contributed by atoms with E-state index in [1.165, 1.54) is 30.1 Å². The van der Waals surface area contributed by atoms with E-state index in [1.807, 2.05) is 0 Å². The lowest BCUT2D eigenvalue weighted by atomic mass is 10.2. The van der Waals surface area contributed by atoms with Crippen LogP contribution >= 0.6 is 0 Å². The Morgan fingerprint density at radius 2 is 1.69 bits per heavy atom. The Kier molecular flexibility index (Phi) is 7.04. The van der Waals surface area contributed by atoms with Gasteiger partial charge in [0.05, 0.1) is 41.7 Å². The number of nitrogens with one attached hydrogen (secondary N) is 2. The van der Waals surface area contributed by atoms with Crippen molar-refractivity contribution in [3.05, 3.63) is 65.6 Å². The SMILES string of the molecule is Cc1c(C(=O)Nc2cnc(-n3nccn3)c(C(F)(F)F)c2)cnn1-c1ccc(F)c(NC(=O)OC(C)(C)C)n1. The second-order valence-electron chi connectivity index (χ2n) is 9.05. The van der Waals surface area contributed by atoms with E-state index in [0.717, 1.165) is 18.5 Å². The van der Waals surface area contributed by atoms with Gasteiger partial charge in [-0.15, -0.1) is 4.80 Å². The minimum Gasteiger partial charge on any atom is -0.444 e. The number of pyridine rings is 2. The smallest absolute Gasteiger partial charge is 0.420 e. The quantitative estimate of drug-likeness (QED) is 0.352. The highest BCUT2D eigenvalue weighted by molar-refractivity contribution is 6.05. The third-order valence-electron chi connectivity index (χ3n) is 4.96.